The molecular weight excluding hydrogens is 821 g/mol. The summed E-state index contributed by atoms with van der Waals surface area (Å²) in [5.74, 6) is 5.79. The van der Waals surface area contributed by atoms with Gasteiger partial charge in [0.25, 0.3) is 5.24 Å². The molecule has 0 fully saturated rings. The third-order valence-electron chi connectivity index (χ3n) is 3.66. The van der Waals surface area contributed by atoms with Gasteiger partial charge in [0, 0.05) is 42.7 Å². The van der Waals surface area contributed by atoms with Gasteiger partial charge in [-0.05, 0) is 11.2 Å². The quantitative estimate of drug-likeness (QED) is 0.0121. The third kappa shape index (κ3) is 40.2. The molecule has 0 aliphatic rings. The highest BCUT2D eigenvalue weighted by Gasteiger charge is 2.05. The molecule has 24 heteroatoms. The zero-order valence-electron chi connectivity index (χ0n) is 24.3. The number of nitrogens with one attached hydrogen (secondary N) is 2. The van der Waals surface area contributed by atoms with Gasteiger partial charge in [0.05, 0.1) is 35.4 Å². The molecule has 1 atom stereocenters. The van der Waals surface area contributed by atoms with E-state index in [-0.39, 0.29) is 23.1 Å². The van der Waals surface area contributed by atoms with Crippen LogP contribution < -0.4 is 10.6 Å². The number of ether oxygens (including phenoxy) is 1. The predicted molar refractivity (Wildman–Crippen MR) is 216 cm³/mol. The minimum atomic E-state index is -1.08. The zero-order valence-corrected chi connectivity index (χ0v) is 34.1. The summed E-state index contributed by atoms with van der Waals surface area (Å²) in [7, 11) is 0. The van der Waals surface area contributed by atoms with Crippen LogP contribution in [0.25, 0.3) is 0 Å². The number of aliphatic imine (C=N–C) groups is 2. The van der Waals surface area contributed by atoms with Crippen molar-refractivity contribution >= 4 is 164 Å². The van der Waals surface area contributed by atoms with Crippen LogP contribution in [0, 0.1) is 0 Å². The summed E-state index contributed by atoms with van der Waals surface area (Å²) in [4.78, 5) is 41.3. The second kappa shape index (κ2) is 40.4. The number of aliphatic hydroxyl groups excluding tert-OH is 2. The lowest BCUT2D eigenvalue weighted by Crippen LogP contribution is -2.23. The van der Waals surface area contributed by atoms with Crippen molar-refractivity contribution in [3.05, 3.63) is 0 Å². The maximum Gasteiger partial charge on any atom is 0.408 e. The highest BCUT2D eigenvalue weighted by molar-refractivity contribution is 8.18. The van der Waals surface area contributed by atoms with E-state index in [0.29, 0.717) is 40.3 Å². The first-order valence-electron chi connectivity index (χ1n) is 12.5. The molecule has 0 radical (unpaired) electrons. The summed E-state index contributed by atoms with van der Waals surface area (Å²) in [5, 5.41) is 26.6. The normalized spacial score (nSPS) is 12.2. The van der Waals surface area contributed by atoms with E-state index in [1.54, 1.807) is 58.8 Å². The maximum absolute atomic E-state index is 12.0. The third-order valence-corrected chi connectivity index (χ3v) is 15.9. The summed E-state index contributed by atoms with van der Waals surface area (Å²) in [5.41, 5.74) is 1.50. The summed E-state index contributed by atoms with van der Waals surface area (Å²) in [6.07, 6.45) is 0.804. The average molecular weight is 861 g/mol. The fourth-order valence-corrected chi connectivity index (χ4v) is 11.5. The van der Waals surface area contributed by atoms with E-state index < -0.39 is 17.3 Å². The van der Waals surface area contributed by atoms with E-state index >= 15 is 0 Å². The Kier molecular flexibility index (Phi) is 42.1. The molecule has 0 rings (SSSR count). The van der Waals surface area contributed by atoms with Crippen LogP contribution in [0.2, 0.25) is 0 Å². The molecule has 0 aromatic carbocycles. The van der Waals surface area contributed by atoms with Gasteiger partial charge in [-0.15, -0.1) is 106 Å². The van der Waals surface area contributed by atoms with E-state index in [4.69, 9.17) is 24.7 Å². The maximum atomic E-state index is 12.0. The molecule has 0 saturated carbocycles. The Balaban J connectivity index is 3.39. The van der Waals surface area contributed by atoms with Crippen molar-refractivity contribution in [1.82, 2.24) is 10.6 Å². The minimum absolute atomic E-state index is 0.0249. The van der Waals surface area contributed by atoms with Crippen LogP contribution in [-0.2, 0) is 25.7 Å². The number of carbonyl (C=O) groups excluding carboxylic acids is 2. The topological polar surface area (TPSA) is 174 Å². The van der Waals surface area contributed by atoms with Gasteiger partial charge in [-0.2, -0.15) is 16.6 Å². The van der Waals surface area contributed by atoms with Crippen LogP contribution in [0.15, 0.2) is 9.98 Å². The molecule has 0 aromatic rings. The monoisotopic (exact) mass is 860 g/mol. The number of rotatable bonds is 33. The van der Waals surface area contributed by atoms with Crippen LogP contribution in [0.1, 0.15) is 0 Å². The van der Waals surface area contributed by atoms with Crippen LogP contribution >= 0.6 is 129 Å². The molecular formula is C21H40N4O8S12. The zero-order chi connectivity index (χ0) is 32.9. The van der Waals surface area contributed by atoms with Gasteiger partial charge in [-0.3, -0.25) is 4.79 Å². The highest BCUT2D eigenvalue weighted by atomic mass is 32.2. The minimum Gasteiger partial charge on any atom is -0.611 e. The van der Waals surface area contributed by atoms with E-state index in [1.807, 2.05) is 0 Å². The fourth-order valence-electron chi connectivity index (χ4n) is 1.89. The molecule has 0 spiro atoms. The number of amides is 2. The van der Waals surface area contributed by atoms with Crippen molar-refractivity contribution < 1.29 is 38.9 Å². The summed E-state index contributed by atoms with van der Waals surface area (Å²) >= 11 is 15.7. The van der Waals surface area contributed by atoms with Gasteiger partial charge in [-0.1, -0.05) is 11.8 Å². The molecule has 45 heavy (non-hydrogen) atoms. The fraction of sp³-hybridized carbons (Fsp3) is 0.810. The van der Waals surface area contributed by atoms with Crippen molar-refractivity contribution in [2.75, 3.05) is 95.7 Å². The molecule has 0 saturated heterocycles. The van der Waals surface area contributed by atoms with Crippen LogP contribution in [0.5, 0.6) is 0 Å². The van der Waals surface area contributed by atoms with Gasteiger partial charge < -0.3 is 35.0 Å². The van der Waals surface area contributed by atoms with Gasteiger partial charge in [0.1, 0.15) is 17.6 Å². The standard InChI is InChI=1S/C21H40N4O8S12/c26-11-40-18-42-13-31-20(28)24-8-38-17-37-7-23-10-45(30)4-3-35-15-34-1-2-44-21(29)25-9-39-16-36-6-22-5-32-33-14-43-19-41-12-27/h5,10,26-27H,1-4,6-9,11-19H2,(H,24,28)(H,25,29)/b22-5-,23-10-. The smallest absolute Gasteiger partial charge is 0.408 e. The van der Waals surface area contributed by atoms with Crippen molar-refractivity contribution in [3.8, 4) is 0 Å². The lowest BCUT2D eigenvalue weighted by molar-refractivity contribution is -0.196. The number of hydrogen-bond donors (Lipinski definition) is 4. The number of nitrogens with zero attached hydrogens (tertiary/aromatic N) is 2. The van der Waals surface area contributed by atoms with Gasteiger partial charge in [0.15, 0.2) is 0 Å². The summed E-state index contributed by atoms with van der Waals surface area (Å²) in [6, 6.07) is 0. The molecule has 2 amide bonds. The second-order valence-corrected chi connectivity index (χ2v) is 21.0. The summed E-state index contributed by atoms with van der Waals surface area (Å²) in [6.45, 7) is 0. The highest BCUT2D eigenvalue weighted by Crippen LogP contribution is 2.16. The molecule has 12 nitrogen and oxygen atoms in total. The lowest BCUT2D eigenvalue weighted by Gasteiger charge is -2.06. The van der Waals surface area contributed by atoms with Crippen molar-refractivity contribution in [3.63, 3.8) is 0 Å². The molecule has 264 valence electrons. The van der Waals surface area contributed by atoms with E-state index in [9.17, 15) is 14.1 Å². The Morgan fingerprint density at radius 2 is 1.36 bits per heavy atom. The Morgan fingerprint density at radius 1 is 0.733 bits per heavy atom. The average Bonchev–Trinajstić information content (AvgIpc) is 3.03. The van der Waals surface area contributed by atoms with Crippen molar-refractivity contribution in [1.29, 1.82) is 0 Å². The molecule has 1 unspecified atom stereocenters. The van der Waals surface area contributed by atoms with Crippen LogP contribution in [0.3, 0.4) is 0 Å². The Bertz CT molecular complexity index is 743. The predicted octanol–water partition coefficient (Wildman–Crippen LogP) is 5.67. The molecule has 0 aromatic heterocycles. The number of thioether (sulfide) groups is 11. The number of alkyl carbamates (subject to hydrolysis) is 1. The van der Waals surface area contributed by atoms with E-state index in [1.165, 1.54) is 82.5 Å². The molecule has 0 heterocycles. The van der Waals surface area contributed by atoms with Gasteiger partial charge in [0.2, 0.25) is 11.9 Å². The largest absolute Gasteiger partial charge is 0.611 e. The van der Waals surface area contributed by atoms with Gasteiger partial charge in [-0.25, -0.2) is 14.8 Å². The Labute approximate surface area is 316 Å². The van der Waals surface area contributed by atoms with Crippen LogP contribution in [-0.4, -0.2) is 134 Å². The second-order valence-electron chi connectivity index (χ2n) is 6.88. The molecule has 0 aliphatic heterocycles. The first-order chi connectivity index (χ1) is 22.1. The number of aliphatic hydroxyl groups is 2. The van der Waals surface area contributed by atoms with E-state index in [0.717, 1.165) is 37.6 Å². The summed E-state index contributed by atoms with van der Waals surface area (Å²) < 4.78 is 17.0. The molecule has 0 aliphatic carbocycles. The van der Waals surface area contributed by atoms with Crippen molar-refractivity contribution in [2.45, 2.75) is 0 Å². The molecule has 0 bridgehead atoms. The Morgan fingerprint density at radius 3 is 2.09 bits per heavy atom. The van der Waals surface area contributed by atoms with Gasteiger partial charge >= 0.3 is 6.09 Å². The van der Waals surface area contributed by atoms with Crippen LogP contribution in [0.4, 0.5) is 9.59 Å². The lowest BCUT2D eigenvalue weighted by atomic mass is 11.0. The SMILES string of the molecule is O=C(NCSCSC/N=C\[S+]([O-])CCSCSCCSC(=O)NCSCSC/N=C\OOCSCSCO)OCSCSCO. The first-order valence-corrected chi connectivity index (χ1v) is 26.5. The van der Waals surface area contributed by atoms with Crippen molar-refractivity contribution in [2.24, 2.45) is 9.98 Å². The number of carbonyl (C=O) groups is 2. The Hall–Kier alpha value is 1.92. The first kappa shape index (κ1) is 46.9. The number of hydrogen-bond acceptors (Lipinski definition) is 21. The van der Waals surface area contributed by atoms with E-state index in [2.05, 4.69) is 20.6 Å². The molecule has 4 N–H and O–H groups in total.